The van der Waals surface area contributed by atoms with E-state index < -0.39 is 0 Å². The van der Waals surface area contributed by atoms with Crippen LogP contribution in [0.4, 0.5) is 0 Å². The Morgan fingerprint density at radius 3 is 1.10 bits per heavy atom. The van der Waals surface area contributed by atoms with E-state index in [1.807, 2.05) is 6.92 Å². The van der Waals surface area contributed by atoms with Crippen molar-refractivity contribution < 1.29 is 9.59 Å². The van der Waals surface area contributed by atoms with Crippen LogP contribution in [0.2, 0.25) is 0 Å². The zero-order valence-corrected chi connectivity index (χ0v) is 15.8. The van der Waals surface area contributed by atoms with Gasteiger partial charge in [0.05, 0.1) is 19.6 Å². The normalized spacial score (nSPS) is 16.4. The summed E-state index contributed by atoms with van der Waals surface area (Å²) >= 11 is 0. The highest BCUT2D eigenvalue weighted by Gasteiger charge is 2.40. The third-order valence-corrected chi connectivity index (χ3v) is 3.08. The Kier molecular flexibility index (Phi) is 6.33. The van der Waals surface area contributed by atoms with Gasteiger partial charge in [0.25, 0.3) is 0 Å². The minimum Gasteiger partial charge on any atom is -0.388 e. The molecule has 0 amide bonds. The molecule has 0 aliphatic carbocycles. The van der Waals surface area contributed by atoms with Crippen LogP contribution in [0.1, 0.15) is 69.2 Å². The molecule has 0 rings (SSSR count). The largest absolute Gasteiger partial charge is 0.388 e. The van der Waals surface area contributed by atoms with Gasteiger partial charge < -0.3 is 9.59 Å². The van der Waals surface area contributed by atoms with Crippen molar-refractivity contribution in [1.29, 1.82) is 0 Å². The lowest BCUT2D eigenvalue weighted by Crippen LogP contribution is -2.61. The number of nitrogens with zero attached hydrogens (tertiary/aromatic N) is 1. The first-order valence-corrected chi connectivity index (χ1v) is 8.07. The molecule has 0 aromatic heterocycles. The molecule has 0 heterocycles. The molecular formula is C18H40NO+. The van der Waals surface area contributed by atoms with Crippen molar-refractivity contribution in [2.75, 3.05) is 26.2 Å². The molecule has 1 unspecified atom stereocenters. The van der Waals surface area contributed by atoms with Crippen molar-refractivity contribution in [3.8, 4) is 0 Å². The molecule has 0 aliphatic heterocycles. The molecule has 2 heteroatoms. The quantitative estimate of drug-likeness (QED) is 0.746. The average Bonchev–Trinajstić information content (AvgIpc) is 1.86. The Bertz CT molecular complexity index is 245. The number of quaternary nitrogens is 1. The van der Waals surface area contributed by atoms with Gasteiger partial charge in [-0.15, -0.1) is 0 Å². The van der Waals surface area contributed by atoms with Gasteiger partial charge in [-0.1, -0.05) is 62.3 Å². The van der Waals surface area contributed by atoms with Crippen LogP contribution < -0.4 is 0 Å². The SMILES string of the molecule is CC(O)C[N+](CC(C)(C)C)(CC(C)(C)C)CC(C)(C)C. The summed E-state index contributed by atoms with van der Waals surface area (Å²) in [6.45, 7) is 27.0. The summed E-state index contributed by atoms with van der Waals surface area (Å²) in [5.74, 6) is 0. The second-order valence-electron chi connectivity index (χ2n) is 10.5. The van der Waals surface area contributed by atoms with E-state index in [4.69, 9.17) is 0 Å². The molecule has 0 bridgehead atoms. The van der Waals surface area contributed by atoms with Gasteiger partial charge in [-0.05, 0) is 6.92 Å². The van der Waals surface area contributed by atoms with E-state index in [-0.39, 0.29) is 22.3 Å². The molecule has 0 fully saturated rings. The van der Waals surface area contributed by atoms with Gasteiger partial charge in [0.2, 0.25) is 0 Å². The summed E-state index contributed by atoms with van der Waals surface area (Å²) in [6.07, 6.45) is -0.248. The summed E-state index contributed by atoms with van der Waals surface area (Å²) < 4.78 is 1.01. The smallest absolute Gasteiger partial charge is 0.105 e. The standard InChI is InChI=1S/C18H40NO/c1-15(20)11-19(12-16(2,3)4,13-17(5,6)7)14-18(8,9)10/h15,20H,11-14H2,1-10H3/q+1. The molecular weight excluding hydrogens is 246 g/mol. The van der Waals surface area contributed by atoms with Crippen LogP contribution >= 0.6 is 0 Å². The van der Waals surface area contributed by atoms with Crippen molar-refractivity contribution in [2.24, 2.45) is 16.2 Å². The van der Waals surface area contributed by atoms with E-state index >= 15 is 0 Å². The van der Waals surface area contributed by atoms with Crippen molar-refractivity contribution in [2.45, 2.75) is 75.3 Å². The van der Waals surface area contributed by atoms with Crippen molar-refractivity contribution in [3.05, 3.63) is 0 Å². The van der Waals surface area contributed by atoms with E-state index in [1.165, 1.54) is 0 Å². The van der Waals surface area contributed by atoms with Crippen LogP contribution in [-0.2, 0) is 0 Å². The first-order valence-electron chi connectivity index (χ1n) is 8.07. The topological polar surface area (TPSA) is 20.2 Å². The van der Waals surface area contributed by atoms with Gasteiger partial charge >= 0.3 is 0 Å². The molecule has 0 saturated heterocycles. The van der Waals surface area contributed by atoms with Crippen molar-refractivity contribution in [3.63, 3.8) is 0 Å². The maximum Gasteiger partial charge on any atom is 0.105 e. The van der Waals surface area contributed by atoms with Crippen LogP contribution in [0.15, 0.2) is 0 Å². The summed E-state index contributed by atoms with van der Waals surface area (Å²) in [6, 6.07) is 0. The van der Waals surface area contributed by atoms with Crippen molar-refractivity contribution in [1.82, 2.24) is 0 Å². The molecule has 1 atom stereocenters. The molecule has 0 saturated carbocycles. The molecule has 20 heavy (non-hydrogen) atoms. The molecule has 122 valence electrons. The molecule has 2 nitrogen and oxygen atoms in total. The van der Waals surface area contributed by atoms with E-state index in [1.54, 1.807) is 0 Å². The summed E-state index contributed by atoms with van der Waals surface area (Å²) in [7, 11) is 0. The number of hydrogen-bond donors (Lipinski definition) is 1. The highest BCUT2D eigenvalue weighted by atomic mass is 16.3. The van der Waals surface area contributed by atoms with Crippen LogP contribution in [0.25, 0.3) is 0 Å². The Morgan fingerprint density at radius 2 is 0.950 bits per heavy atom. The molecule has 0 radical (unpaired) electrons. The Labute approximate surface area is 128 Å². The van der Waals surface area contributed by atoms with Crippen molar-refractivity contribution >= 4 is 0 Å². The minimum absolute atomic E-state index is 0.248. The number of rotatable bonds is 5. The first kappa shape index (κ1) is 19.9. The summed E-state index contributed by atoms with van der Waals surface area (Å²) in [5, 5.41) is 10.1. The Hall–Kier alpha value is -0.0800. The average molecular weight is 287 g/mol. The second-order valence-corrected chi connectivity index (χ2v) is 10.5. The van der Waals surface area contributed by atoms with Crippen LogP contribution in [0.3, 0.4) is 0 Å². The number of aliphatic hydroxyl groups excluding tert-OH is 1. The van der Waals surface area contributed by atoms with E-state index in [0.717, 1.165) is 30.7 Å². The lowest BCUT2D eigenvalue weighted by atomic mass is 9.85. The Balaban J connectivity index is 5.50. The monoisotopic (exact) mass is 286 g/mol. The molecule has 0 aromatic carbocycles. The van der Waals surface area contributed by atoms with Gasteiger partial charge in [0.1, 0.15) is 12.6 Å². The maximum absolute atomic E-state index is 10.1. The van der Waals surface area contributed by atoms with Crippen LogP contribution in [0.5, 0.6) is 0 Å². The predicted molar refractivity (Wildman–Crippen MR) is 89.8 cm³/mol. The molecule has 0 spiro atoms. The van der Waals surface area contributed by atoms with Gasteiger partial charge in [-0.3, -0.25) is 0 Å². The fourth-order valence-corrected chi connectivity index (χ4v) is 3.94. The van der Waals surface area contributed by atoms with Gasteiger partial charge in [-0.2, -0.15) is 0 Å². The highest BCUT2D eigenvalue weighted by molar-refractivity contribution is 4.71. The van der Waals surface area contributed by atoms with Gasteiger partial charge in [0.15, 0.2) is 0 Å². The van der Waals surface area contributed by atoms with E-state index in [0.29, 0.717) is 0 Å². The summed E-state index contributed by atoms with van der Waals surface area (Å²) in [5.41, 5.74) is 0.808. The zero-order valence-electron chi connectivity index (χ0n) is 15.8. The predicted octanol–water partition coefficient (Wildman–Crippen LogP) is 4.32. The third kappa shape index (κ3) is 9.77. The highest BCUT2D eigenvalue weighted by Crippen LogP contribution is 2.32. The lowest BCUT2D eigenvalue weighted by molar-refractivity contribution is -0.946. The fraction of sp³-hybridized carbons (Fsp3) is 1.00. The zero-order chi connectivity index (χ0) is 16.4. The molecule has 0 aliphatic rings. The fourth-order valence-electron chi connectivity index (χ4n) is 3.94. The van der Waals surface area contributed by atoms with Gasteiger partial charge in [0, 0.05) is 16.2 Å². The van der Waals surface area contributed by atoms with Crippen LogP contribution in [0, 0.1) is 16.2 Å². The lowest BCUT2D eigenvalue weighted by Gasteiger charge is -2.49. The Morgan fingerprint density at radius 1 is 0.700 bits per heavy atom. The van der Waals surface area contributed by atoms with E-state index in [9.17, 15) is 5.11 Å². The molecule has 0 aromatic rings. The first-order chi connectivity index (χ1) is 8.54. The number of aliphatic hydroxyl groups is 1. The minimum atomic E-state index is -0.248. The summed E-state index contributed by atoms with van der Waals surface area (Å²) in [4.78, 5) is 0. The maximum atomic E-state index is 10.1. The van der Waals surface area contributed by atoms with E-state index in [2.05, 4.69) is 62.3 Å². The molecule has 1 N–H and O–H groups in total. The third-order valence-electron chi connectivity index (χ3n) is 3.08. The van der Waals surface area contributed by atoms with Gasteiger partial charge in [-0.25, -0.2) is 0 Å². The number of hydrogen-bond acceptors (Lipinski definition) is 1. The second kappa shape index (κ2) is 6.36. The van der Waals surface area contributed by atoms with Crippen LogP contribution in [-0.4, -0.2) is 41.9 Å².